The van der Waals surface area contributed by atoms with Crippen LogP contribution in [0.15, 0.2) is 34.0 Å². The Bertz CT molecular complexity index is 668. The number of amides is 1. The van der Waals surface area contributed by atoms with Crippen LogP contribution >= 0.6 is 23.1 Å². The Morgan fingerprint density at radius 1 is 1.45 bits per heavy atom. The maximum atomic E-state index is 12.5. The molecule has 22 heavy (non-hydrogen) atoms. The van der Waals surface area contributed by atoms with Crippen molar-refractivity contribution in [2.75, 3.05) is 12.8 Å². The molecule has 1 aliphatic carbocycles. The first-order valence-electron chi connectivity index (χ1n) is 7.53. The number of carbonyl (C=O) groups excluding carboxylic acids is 1. The Labute approximate surface area is 139 Å². The van der Waals surface area contributed by atoms with E-state index in [9.17, 15) is 4.79 Å². The molecule has 0 unspecified atom stereocenters. The summed E-state index contributed by atoms with van der Waals surface area (Å²) < 4.78 is 0.975. The molecule has 0 radical (unpaired) electrons. The molecule has 3 nitrogen and oxygen atoms in total. The van der Waals surface area contributed by atoms with Crippen LogP contribution in [0.1, 0.15) is 35.7 Å². The molecule has 0 aliphatic heterocycles. The number of benzene rings is 1. The first kappa shape index (κ1) is 15.6. The van der Waals surface area contributed by atoms with E-state index in [4.69, 9.17) is 0 Å². The Hall–Kier alpha value is -1.33. The van der Waals surface area contributed by atoms with Gasteiger partial charge in [0.05, 0.1) is 11.8 Å². The number of nitrogens with zero attached hydrogens (tertiary/aromatic N) is 2. The summed E-state index contributed by atoms with van der Waals surface area (Å²) in [6.07, 6.45) is 3.33. The molecule has 3 rings (SSSR count). The molecular formula is C17H20N2OS2. The number of thiazole rings is 1. The van der Waals surface area contributed by atoms with Crippen molar-refractivity contribution in [3.8, 4) is 0 Å². The van der Waals surface area contributed by atoms with E-state index in [1.165, 1.54) is 22.9 Å². The third kappa shape index (κ3) is 3.36. The Morgan fingerprint density at radius 3 is 3.05 bits per heavy atom. The molecule has 0 N–H and O–H groups in total. The van der Waals surface area contributed by atoms with Crippen LogP contribution in [0.2, 0.25) is 0 Å². The van der Waals surface area contributed by atoms with Gasteiger partial charge in [-0.25, -0.2) is 4.98 Å². The molecule has 116 valence electrons. The van der Waals surface area contributed by atoms with Gasteiger partial charge in [-0.05, 0) is 37.3 Å². The average Bonchev–Trinajstić information content (AvgIpc) is 2.97. The number of hydrogen-bond acceptors (Lipinski definition) is 4. The van der Waals surface area contributed by atoms with E-state index in [-0.39, 0.29) is 11.9 Å². The maximum Gasteiger partial charge on any atom is 0.233 e. The van der Waals surface area contributed by atoms with Crippen molar-refractivity contribution in [3.63, 3.8) is 0 Å². The predicted molar refractivity (Wildman–Crippen MR) is 92.5 cm³/mol. The standard InChI is InChI=1S/C17H20N2OS2/c1-12-10-21-17(18-12)22-11-16(20)19(2)15-9-5-7-13-6-3-4-8-14(13)15/h3-4,6,8,10,15H,5,7,9,11H2,1-2H3/t15-/m0/s1. The van der Waals surface area contributed by atoms with Crippen molar-refractivity contribution in [1.82, 2.24) is 9.88 Å². The lowest BCUT2D eigenvalue weighted by Crippen LogP contribution is -2.34. The molecule has 0 bridgehead atoms. The van der Waals surface area contributed by atoms with Crippen LogP contribution in [0.3, 0.4) is 0 Å². The van der Waals surface area contributed by atoms with Gasteiger partial charge < -0.3 is 4.90 Å². The molecule has 1 aliphatic rings. The molecule has 1 aromatic carbocycles. The van der Waals surface area contributed by atoms with Gasteiger partial charge in [0.15, 0.2) is 4.34 Å². The number of rotatable bonds is 4. The van der Waals surface area contributed by atoms with E-state index in [1.807, 2.05) is 24.3 Å². The molecule has 1 amide bonds. The van der Waals surface area contributed by atoms with Crippen LogP contribution in [0, 0.1) is 6.92 Å². The number of aryl methyl sites for hydroxylation is 2. The molecule has 1 heterocycles. The maximum absolute atomic E-state index is 12.5. The Kier molecular flexibility index (Phi) is 4.84. The summed E-state index contributed by atoms with van der Waals surface area (Å²) in [7, 11) is 1.93. The number of thioether (sulfide) groups is 1. The van der Waals surface area contributed by atoms with Gasteiger partial charge in [-0.1, -0.05) is 36.0 Å². The summed E-state index contributed by atoms with van der Waals surface area (Å²) >= 11 is 3.15. The molecule has 0 spiro atoms. The zero-order valence-electron chi connectivity index (χ0n) is 12.9. The fraction of sp³-hybridized carbons (Fsp3) is 0.412. The molecule has 5 heteroatoms. The number of hydrogen-bond donors (Lipinski definition) is 0. The lowest BCUT2D eigenvalue weighted by atomic mass is 9.87. The first-order valence-corrected chi connectivity index (χ1v) is 9.40. The van der Waals surface area contributed by atoms with E-state index in [0.29, 0.717) is 5.75 Å². The second-order valence-electron chi connectivity index (χ2n) is 5.65. The second kappa shape index (κ2) is 6.84. The second-order valence-corrected chi connectivity index (χ2v) is 7.74. The van der Waals surface area contributed by atoms with E-state index in [1.54, 1.807) is 11.3 Å². The first-order chi connectivity index (χ1) is 10.6. The fourth-order valence-corrected chi connectivity index (χ4v) is 4.70. The van der Waals surface area contributed by atoms with Crippen LogP contribution in [0.5, 0.6) is 0 Å². The summed E-state index contributed by atoms with van der Waals surface area (Å²) in [4.78, 5) is 18.8. The topological polar surface area (TPSA) is 33.2 Å². The van der Waals surface area contributed by atoms with E-state index in [0.717, 1.165) is 29.3 Å². The van der Waals surface area contributed by atoms with Crippen LogP contribution in [-0.2, 0) is 11.2 Å². The van der Waals surface area contributed by atoms with Gasteiger partial charge >= 0.3 is 0 Å². The van der Waals surface area contributed by atoms with Crippen molar-refractivity contribution in [3.05, 3.63) is 46.5 Å². The highest BCUT2D eigenvalue weighted by atomic mass is 32.2. The SMILES string of the molecule is Cc1csc(SCC(=O)N(C)[C@H]2CCCc3ccccc32)n1. The van der Waals surface area contributed by atoms with Gasteiger partial charge in [0, 0.05) is 18.1 Å². The minimum Gasteiger partial charge on any atom is -0.338 e. The summed E-state index contributed by atoms with van der Waals surface area (Å²) in [5.74, 6) is 0.641. The van der Waals surface area contributed by atoms with Crippen molar-refractivity contribution in [1.29, 1.82) is 0 Å². The largest absolute Gasteiger partial charge is 0.338 e. The quantitative estimate of drug-likeness (QED) is 0.791. The monoisotopic (exact) mass is 332 g/mol. The molecule has 1 atom stereocenters. The highest BCUT2D eigenvalue weighted by molar-refractivity contribution is 8.01. The molecular weight excluding hydrogens is 312 g/mol. The average molecular weight is 332 g/mol. The molecule has 0 saturated carbocycles. The third-order valence-corrected chi connectivity index (χ3v) is 6.24. The molecule has 0 fully saturated rings. The smallest absolute Gasteiger partial charge is 0.233 e. The van der Waals surface area contributed by atoms with Gasteiger partial charge in [-0.3, -0.25) is 4.79 Å². The molecule has 1 aromatic heterocycles. The van der Waals surface area contributed by atoms with E-state index >= 15 is 0 Å². The highest BCUT2D eigenvalue weighted by Crippen LogP contribution is 2.34. The number of carbonyl (C=O) groups is 1. The van der Waals surface area contributed by atoms with Gasteiger partial charge in [0.1, 0.15) is 0 Å². The lowest BCUT2D eigenvalue weighted by molar-refractivity contribution is -0.129. The number of fused-ring (bicyclic) bond motifs is 1. The van der Waals surface area contributed by atoms with Crippen LogP contribution < -0.4 is 0 Å². The lowest BCUT2D eigenvalue weighted by Gasteiger charge is -2.33. The minimum atomic E-state index is 0.180. The van der Waals surface area contributed by atoms with Crippen molar-refractivity contribution >= 4 is 29.0 Å². The van der Waals surface area contributed by atoms with E-state index in [2.05, 4.69) is 29.2 Å². The minimum absolute atomic E-state index is 0.180. The Balaban J connectivity index is 1.66. The highest BCUT2D eigenvalue weighted by Gasteiger charge is 2.26. The fourth-order valence-electron chi connectivity index (χ4n) is 2.93. The molecule has 0 saturated heterocycles. The van der Waals surface area contributed by atoms with Crippen LogP contribution in [0.25, 0.3) is 0 Å². The van der Waals surface area contributed by atoms with Crippen molar-refractivity contribution < 1.29 is 4.79 Å². The summed E-state index contributed by atoms with van der Waals surface area (Å²) in [6.45, 7) is 1.98. The third-order valence-electron chi connectivity index (χ3n) is 4.12. The normalized spacial score (nSPS) is 17.1. The number of aromatic nitrogens is 1. The predicted octanol–water partition coefficient (Wildman–Crippen LogP) is 4.08. The van der Waals surface area contributed by atoms with Gasteiger partial charge in [-0.2, -0.15) is 0 Å². The zero-order chi connectivity index (χ0) is 15.5. The Morgan fingerprint density at radius 2 is 2.27 bits per heavy atom. The van der Waals surface area contributed by atoms with E-state index < -0.39 is 0 Å². The zero-order valence-corrected chi connectivity index (χ0v) is 14.5. The van der Waals surface area contributed by atoms with Crippen LogP contribution in [0.4, 0.5) is 0 Å². The summed E-state index contributed by atoms with van der Waals surface area (Å²) in [5, 5.41) is 2.02. The van der Waals surface area contributed by atoms with Crippen molar-refractivity contribution in [2.45, 2.75) is 36.6 Å². The van der Waals surface area contributed by atoms with Gasteiger partial charge in [-0.15, -0.1) is 11.3 Å². The van der Waals surface area contributed by atoms with Crippen LogP contribution in [-0.4, -0.2) is 28.6 Å². The van der Waals surface area contributed by atoms with Crippen molar-refractivity contribution in [2.24, 2.45) is 0 Å². The summed E-state index contributed by atoms with van der Waals surface area (Å²) in [6, 6.07) is 8.73. The van der Waals surface area contributed by atoms with Gasteiger partial charge in [0.25, 0.3) is 0 Å². The van der Waals surface area contributed by atoms with Gasteiger partial charge in [0.2, 0.25) is 5.91 Å². The molecule has 2 aromatic rings. The summed E-state index contributed by atoms with van der Waals surface area (Å²) in [5.41, 5.74) is 3.73.